The van der Waals surface area contributed by atoms with Gasteiger partial charge in [-0.2, -0.15) is 0 Å². The molecule has 0 aliphatic carbocycles. The molecule has 0 bridgehead atoms. The van der Waals surface area contributed by atoms with Gasteiger partial charge in [-0.15, -0.1) is 0 Å². The van der Waals surface area contributed by atoms with Gasteiger partial charge in [0.1, 0.15) is 0 Å². The summed E-state index contributed by atoms with van der Waals surface area (Å²) >= 11 is 0. The van der Waals surface area contributed by atoms with E-state index in [9.17, 15) is 13.2 Å². The molecule has 5 rings (SSSR count). The van der Waals surface area contributed by atoms with Crippen LogP contribution in [0.1, 0.15) is 30.5 Å². The van der Waals surface area contributed by atoms with Gasteiger partial charge in [0.15, 0.2) is 0 Å². The number of amides is 1. The van der Waals surface area contributed by atoms with E-state index in [-0.39, 0.29) is 10.8 Å². The molecule has 1 aliphatic heterocycles. The van der Waals surface area contributed by atoms with Crippen LogP contribution in [0.2, 0.25) is 0 Å². The minimum Gasteiger partial charge on any atom is -0.354 e. The number of nitrogens with one attached hydrogen (secondary N) is 4. The molecule has 0 unspecified atom stereocenters. The number of fused-ring (bicyclic) bond motifs is 1. The van der Waals surface area contributed by atoms with Crippen LogP contribution in [-0.2, 0) is 21.4 Å². The molecule has 0 aromatic heterocycles. The van der Waals surface area contributed by atoms with Gasteiger partial charge in [-0.25, -0.2) is 8.42 Å². The molecular formula is C31H30N4O3S. The molecule has 39 heavy (non-hydrogen) atoms. The van der Waals surface area contributed by atoms with Crippen LogP contribution in [0.5, 0.6) is 0 Å². The number of benzene rings is 4. The normalized spacial score (nSPS) is 14.1. The highest BCUT2D eigenvalue weighted by molar-refractivity contribution is 7.92. The van der Waals surface area contributed by atoms with Crippen LogP contribution in [0, 0.1) is 0 Å². The van der Waals surface area contributed by atoms with Gasteiger partial charge < -0.3 is 16.0 Å². The van der Waals surface area contributed by atoms with E-state index in [1.165, 1.54) is 6.07 Å². The number of rotatable bonds is 9. The van der Waals surface area contributed by atoms with Gasteiger partial charge in [-0.3, -0.25) is 9.52 Å². The smallest absolute Gasteiger partial charge is 0.261 e. The average molecular weight is 539 g/mol. The number of para-hydroxylation sites is 1. The molecule has 4 aromatic carbocycles. The molecule has 1 aliphatic rings. The highest BCUT2D eigenvalue weighted by Crippen LogP contribution is 2.39. The van der Waals surface area contributed by atoms with Gasteiger partial charge in [-0.05, 0) is 53.6 Å². The Balaban J connectivity index is 1.55. The summed E-state index contributed by atoms with van der Waals surface area (Å²) in [6.07, 6.45) is 0. The third kappa shape index (κ3) is 6.03. The fourth-order valence-corrected chi connectivity index (χ4v) is 5.42. The molecule has 4 N–H and O–H groups in total. The molecule has 0 saturated carbocycles. The molecule has 0 atom stereocenters. The summed E-state index contributed by atoms with van der Waals surface area (Å²) in [6.45, 7) is 4.97. The van der Waals surface area contributed by atoms with Crippen LogP contribution in [0.3, 0.4) is 0 Å². The first kappa shape index (κ1) is 26.2. The van der Waals surface area contributed by atoms with Crippen molar-refractivity contribution in [1.82, 2.24) is 5.32 Å². The SMILES string of the molecule is CC(C)NCc1ccc(N/C(=C2\C(=O)Nc3ccc(S(=O)(=O)Nc4ccccc4)cc32)c2ccccc2)cc1. The molecule has 4 aromatic rings. The van der Waals surface area contributed by atoms with Gasteiger partial charge in [0.25, 0.3) is 15.9 Å². The van der Waals surface area contributed by atoms with Crippen molar-refractivity contribution >= 4 is 44.3 Å². The molecule has 1 heterocycles. The van der Waals surface area contributed by atoms with E-state index in [4.69, 9.17) is 0 Å². The van der Waals surface area contributed by atoms with E-state index in [1.807, 2.05) is 60.7 Å². The second-order valence-corrected chi connectivity index (χ2v) is 11.3. The molecule has 0 fully saturated rings. The first-order chi connectivity index (χ1) is 18.8. The number of carbonyl (C=O) groups is 1. The molecule has 8 heteroatoms. The average Bonchev–Trinajstić information content (AvgIpc) is 3.26. The predicted octanol–water partition coefficient (Wildman–Crippen LogP) is 5.92. The van der Waals surface area contributed by atoms with Gasteiger partial charge in [-0.1, -0.05) is 74.5 Å². The molecule has 1 amide bonds. The zero-order valence-corrected chi connectivity index (χ0v) is 22.5. The first-order valence-electron chi connectivity index (χ1n) is 12.7. The third-order valence-electron chi connectivity index (χ3n) is 6.32. The van der Waals surface area contributed by atoms with Crippen LogP contribution < -0.4 is 20.7 Å². The summed E-state index contributed by atoms with van der Waals surface area (Å²) in [4.78, 5) is 13.4. The summed E-state index contributed by atoms with van der Waals surface area (Å²) in [7, 11) is -3.88. The molecular weight excluding hydrogens is 508 g/mol. The van der Waals surface area contributed by atoms with E-state index in [2.05, 4.69) is 34.5 Å². The quantitative estimate of drug-likeness (QED) is 0.198. The lowest BCUT2D eigenvalue weighted by atomic mass is 10.00. The standard InChI is InChI=1S/C31H30N4O3S/c1-21(2)32-20-22-13-15-24(16-14-22)33-30(23-9-5-3-6-10-23)29-27-19-26(17-18-28(27)34-31(29)36)39(37,38)35-25-11-7-4-8-12-25/h3-19,21,32-33,35H,20H2,1-2H3,(H,34,36)/b30-29-. The van der Waals surface area contributed by atoms with Crippen molar-refractivity contribution in [3.8, 4) is 0 Å². The minimum atomic E-state index is -3.88. The van der Waals surface area contributed by atoms with E-state index < -0.39 is 10.0 Å². The van der Waals surface area contributed by atoms with Gasteiger partial charge in [0.2, 0.25) is 0 Å². The monoisotopic (exact) mass is 538 g/mol. The minimum absolute atomic E-state index is 0.0634. The maximum atomic E-state index is 13.3. The van der Waals surface area contributed by atoms with Crippen LogP contribution >= 0.6 is 0 Å². The van der Waals surface area contributed by atoms with Gasteiger partial charge >= 0.3 is 0 Å². The van der Waals surface area contributed by atoms with Crippen LogP contribution in [0.25, 0.3) is 11.3 Å². The van der Waals surface area contributed by atoms with E-state index >= 15 is 0 Å². The van der Waals surface area contributed by atoms with Gasteiger partial charge in [0.05, 0.1) is 16.2 Å². The first-order valence-corrected chi connectivity index (χ1v) is 14.2. The van der Waals surface area contributed by atoms with Gasteiger partial charge in [0, 0.05) is 35.2 Å². The van der Waals surface area contributed by atoms with Crippen LogP contribution in [-0.4, -0.2) is 20.4 Å². The lowest BCUT2D eigenvalue weighted by Crippen LogP contribution is -2.21. The highest BCUT2D eigenvalue weighted by atomic mass is 32.2. The molecule has 0 radical (unpaired) electrons. The Morgan fingerprint density at radius 2 is 1.49 bits per heavy atom. The van der Waals surface area contributed by atoms with Crippen LogP contribution in [0.15, 0.2) is 108 Å². The van der Waals surface area contributed by atoms with Crippen molar-refractivity contribution in [2.45, 2.75) is 31.3 Å². The van der Waals surface area contributed by atoms with E-state index in [0.717, 1.165) is 23.4 Å². The summed E-state index contributed by atoms with van der Waals surface area (Å²) in [5.41, 5.74) is 5.25. The van der Waals surface area contributed by atoms with Crippen molar-refractivity contribution < 1.29 is 13.2 Å². The van der Waals surface area contributed by atoms with Crippen LogP contribution in [0.4, 0.5) is 17.1 Å². The largest absolute Gasteiger partial charge is 0.354 e. The van der Waals surface area contributed by atoms with E-state index in [1.54, 1.807) is 36.4 Å². The van der Waals surface area contributed by atoms with E-state index in [0.29, 0.717) is 34.3 Å². The molecule has 198 valence electrons. The number of hydrogen-bond acceptors (Lipinski definition) is 5. The zero-order valence-electron chi connectivity index (χ0n) is 21.7. The van der Waals surface area contributed by atoms with Crippen molar-refractivity contribution in [1.29, 1.82) is 0 Å². The van der Waals surface area contributed by atoms with Crippen molar-refractivity contribution in [2.24, 2.45) is 0 Å². The van der Waals surface area contributed by atoms with Crippen molar-refractivity contribution in [3.63, 3.8) is 0 Å². The summed E-state index contributed by atoms with van der Waals surface area (Å²) < 4.78 is 29.0. The Bertz CT molecular complexity index is 1620. The Labute approximate surface area is 229 Å². The third-order valence-corrected chi connectivity index (χ3v) is 7.70. The Morgan fingerprint density at radius 3 is 2.15 bits per heavy atom. The highest BCUT2D eigenvalue weighted by Gasteiger charge is 2.30. The summed E-state index contributed by atoms with van der Waals surface area (Å²) in [5, 5.41) is 9.73. The molecule has 7 nitrogen and oxygen atoms in total. The Morgan fingerprint density at radius 1 is 0.821 bits per heavy atom. The maximum absolute atomic E-state index is 13.3. The second-order valence-electron chi connectivity index (χ2n) is 9.61. The summed E-state index contributed by atoms with van der Waals surface area (Å²) in [5.74, 6) is -0.306. The number of hydrogen-bond donors (Lipinski definition) is 4. The second kappa shape index (κ2) is 11.1. The lowest BCUT2D eigenvalue weighted by Gasteiger charge is -2.16. The molecule has 0 saturated heterocycles. The fraction of sp³-hybridized carbons (Fsp3) is 0.129. The Kier molecular flexibility index (Phi) is 7.49. The topological polar surface area (TPSA) is 99.3 Å². The van der Waals surface area contributed by atoms with Crippen molar-refractivity contribution in [3.05, 3.63) is 120 Å². The number of anilines is 3. The maximum Gasteiger partial charge on any atom is 0.261 e. The predicted molar refractivity (Wildman–Crippen MR) is 158 cm³/mol. The molecule has 0 spiro atoms. The summed E-state index contributed by atoms with van der Waals surface area (Å²) in [6, 6.07) is 31.3. The number of sulfonamides is 1. The lowest BCUT2D eigenvalue weighted by molar-refractivity contribution is -0.110. The Hall–Kier alpha value is -4.40. The number of carbonyl (C=O) groups excluding carboxylic acids is 1. The fourth-order valence-electron chi connectivity index (χ4n) is 4.34. The van der Waals surface area contributed by atoms with Crippen molar-refractivity contribution in [2.75, 3.05) is 15.4 Å². The zero-order chi connectivity index (χ0) is 27.4.